The van der Waals surface area contributed by atoms with Crippen LogP contribution in [0.5, 0.6) is 0 Å². The number of thioether (sulfide) groups is 1. The lowest BCUT2D eigenvalue weighted by molar-refractivity contribution is 0.0701. The Labute approximate surface area is 259 Å². The van der Waals surface area contributed by atoms with Gasteiger partial charge in [-0.15, -0.1) is 0 Å². The van der Waals surface area contributed by atoms with Gasteiger partial charge in [0.15, 0.2) is 5.17 Å². The average molecular weight is 638 g/mol. The van der Waals surface area contributed by atoms with Crippen LogP contribution in [0.2, 0.25) is 25.7 Å². The Balaban J connectivity index is 1.54. The molecule has 230 valence electrons. The molecule has 44 heavy (non-hydrogen) atoms. The van der Waals surface area contributed by atoms with Gasteiger partial charge in [-0.3, -0.25) is 9.98 Å². The number of hydrogen-bond acceptors (Lipinski definition) is 8. The lowest BCUT2D eigenvalue weighted by Gasteiger charge is -2.36. The number of pyridine rings is 1. The summed E-state index contributed by atoms with van der Waals surface area (Å²) in [5.74, 6) is -0.494. The van der Waals surface area contributed by atoms with Gasteiger partial charge in [-0.05, 0) is 62.2 Å². The van der Waals surface area contributed by atoms with E-state index < -0.39 is 36.1 Å². The standard InChI is InChI=1S/C31H33F2N5O4SSi/c1-19-16-36-27(42-19)31-14-26(31)30(2,37-28(43-31)38(29(39)40)18-41-10-11-44(3,4)5)22-12-20(6-8-23(22)32)13-24(33)25-9-7-21(15-34)17-35-25/h6-9,12-13,16-17,26H,10-11,14,18H2,1-5H3,(H,39,40)/b24-13-/t26-,30+,31-/m0/s1. The van der Waals surface area contributed by atoms with E-state index in [9.17, 15) is 9.90 Å². The smallest absolute Gasteiger partial charge is 0.415 e. The van der Waals surface area contributed by atoms with Crippen molar-refractivity contribution in [1.82, 2.24) is 14.9 Å². The summed E-state index contributed by atoms with van der Waals surface area (Å²) in [4.78, 5) is 26.9. The maximum atomic E-state index is 15.7. The molecule has 0 radical (unpaired) electrons. The number of amidine groups is 1. The number of ether oxygens (including phenoxy) is 1. The van der Waals surface area contributed by atoms with Gasteiger partial charge in [-0.2, -0.15) is 5.26 Å². The molecular formula is C31H33F2N5O4SSi. The minimum atomic E-state index is -1.41. The van der Waals surface area contributed by atoms with Crippen LogP contribution < -0.4 is 0 Å². The highest BCUT2D eigenvalue weighted by atomic mass is 32.2. The second-order valence-electron chi connectivity index (χ2n) is 12.4. The van der Waals surface area contributed by atoms with Gasteiger partial charge >= 0.3 is 6.09 Å². The summed E-state index contributed by atoms with van der Waals surface area (Å²) in [5, 5.41) is 19.3. The molecule has 13 heteroatoms. The van der Waals surface area contributed by atoms with E-state index in [1.165, 1.54) is 54.4 Å². The monoisotopic (exact) mass is 637 g/mol. The molecule has 3 atom stereocenters. The van der Waals surface area contributed by atoms with E-state index in [-0.39, 0.29) is 29.1 Å². The maximum Gasteiger partial charge on any atom is 0.415 e. The molecule has 1 fully saturated rings. The number of aliphatic imine (C=N–C) groups is 1. The molecule has 1 saturated carbocycles. The van der Waals surface area contributed by atoms with Crippen molar-refractivity contribution in [3.63, 3.8) is 0 Å². The van der Waals surface area contributed by atoms with Crippen molar-refractivity contribution >= 4 is 43.0 Å². The molecule has 0 spiro atoms. The van der Waals surface area contributed by atoms with Crippen molar-refractivity contribution in [2.45, 2.75) is 56.2 Å². The molecule has 3 heterocycles. The SMILES string of the molecule is Cc1cnc([C@]23C[C@H]2[C@@](C)(c2cc(/C=C(\F)c4ccc(C#N)cn4)ccc2F)N=C(N(COCC[Si](C)(C)C)C(=O)O)S3)o1. The van der Waals surface area contributed by atoms with Crippen LogP contribution in [0.1, 0.15) is 47.4 Å². The zero-order valence-corrected chi connectivity index (χ0v) is 26.9. The number of nitrogens with zero attached hydrogens (tertiary/aromatic N) is 5. The fourth-order valence-electron chi connectivity index (χ4n) is 5.23. The lowest BCUT2D eigenvalue weighted by atomic mass is 9.84. The summed E-state index contributed by atoms with van der Waals surface area (Å²) in [6, 6.07) is 9.88. The molecule has 1 amide bonds. The summed E-state index contributed by atoms with van der Waals surface area (Å²) in [6.45, 7) is 10.3. The van der Waals surface area contributed by atoms with Gasteiger partial charge in [0.25, 0.3) is 0 Å². The van der Waals surface area contributed by atoms with Crippen molar-refractivity contribution in [2.75, 3.05) is 13.3 Å². The zero-order valence-electron chi connectivity index (χ0n) is 25.1. The van der Waals surface area contributed by atoms with Crippen LogP contribution in [-0.2, 0) is 15.0 Å². The van der Waals surface area contributed by atoms with Gasteiger partial charge in [-0.25, -0.2) is 23.5 Å². The predicted molar refractivity (Wildman–Crippen MR) is 167 cm³/mol. The highest BCUT2D eigenvalue weighted by molar-refractivity contribution is 8.14. The first-order valence-corrected chi connectivity index (χ1v) is 18.6. The molecule has 1 aliphatic heterocycles. The number of oxazole rings is 1. The second-order valence-corrected chi connectivity index (χ2v) is 19.3. The number of fused-ring (bicyclic) bond motifs is 1. The van der Waals surface area contributed by atoms with Crippen LogP contribution >= 0.6 is 11.8 Å². The van der Waals surface area contributed by atoms with Gasteiger partial charge in [0, 0.05) is 32.4 Å². The number of rotatable bonds is 9. The van der Waals surface area contributed by atoms with Crippen molar-refractivity contribution in [2.24, 2.45) is 10.9 Å². The van der Waals surface area contributed by atoms with Crippen molar-refractivity contribution in [3.8, 4) is 6.07 Å². The second kappa shape index (κ2) is 11.9. The van der Waals surface area contributed by atoms with Gasteiger partial charge in [0.1, 0.15) is 35.0 Å². The Morgan fingerprint density at radius 1 is 1.30 bits per heavy atom. The summed E-state index contributed by atoms with van der Waals surface area (Å²) in [5.41, 5.74) is -0.365. The Kier molecular flexibility index (Phi) is 8.54. The van der Waals surface area contributed by atoms with Crippen LogP contribution in [0.4, 0.5) is 13.6 Å². The Hall–Kier alpha value is -3.86. The third-order valence-corrected chi connectivity index (χ3v) is 11.0. The molecule has 0 saturated heterocycles. The fourth-order valence-corrected chi connectivity index (χ4v) is 7.60. The van der Waals surface area contributed by atoms with E-state index in [0.29, 0.717) is 35.8 Å². The summed E-state index contributed by atoms with van der Waals surface area (Å²) < 4.78 is 41.8. The molecule has 2 aromatic heterocycles. The molecule has 1 aromatic carbocycles. The molecule has 5 rings (SSSR count). The number of halogens is 2. The van der Waals surface area contributed by atoms with E-state index in [4.69, 9.17) is 19.4 Å². The number of amides is 1. The summed E-state index contributed by atoms with van der Waals surface area (Å²) >= 11 is 1.23. The molecule has 1 aliphatic carbocycles. The highest BCUT2D eigenvalue weighted by Crippen LogP contribution is 2.71. The van der Waals surface area contributed by atoms with Crippen LogP contribution in [0.3, 0.4) is 0 Å². The first-order chi connectivity index (χ1) is 20.8. The maximum absolute atomic E-state index is 15.7. The third-order valence-electron chi connectivity index (χ3n) is 7.82. The van der Waals surface area contributed by atoms with Gasteiger partial charge in [0.05, 0.1) is 23.0 Å². The molecule has 1 N–H and O–H groups in total. The minimum absolute atomic E-state index is 0.0298. The largest absolute Gasteiger partial charge is 0.465 e. The number of hydrogen-bond donors (Lipinski definition) is 1. The Bertz CT molecular complexity index is 1680. The Morgan fingerprint density at radius 2 is 2.07 bits per heavy atom. The zero-order chi connectivity index (χ0) is 31.9. The van der Waals surface area contributed by atoms with E-state index in [1.54, 1.807) is 20.0 Å². The van der Waals surface area contributed by atoms with Crippen molar-refractivity contribution in [3.05, 3.63) is 82.6 Å². The topological polar surface area (TPSA) is 125 Å². The normalized spacial score (nSPS) is 23.0. The molecular weight excluding hydrogens is 605 g/mol. The van der Waals surface area contributed by atoms with Gasteiger partial charge in [0.2, 0.25) is 5.89 Å². The van der Waals surface area contributed by atoms with Crippen molar-refractivity contribution in [1.29, 1.82) is 5.26 Å². The van der Waals surface area contributed by atoms with Crippen LogP contribution in [0, 0.1) is 30.0 Å². The molecule has 9 nitrogen and oxygen atoms in total. The summed E-state index contributed by atoms with van der Waals surface area (Å²) in [7, 11) is -1.41. The van der Waals surface area contributed by atoms with Crippen molar-refractivity contribution < 1.29 is 27.8 Å². The number of aryl methyl sites for hydroxylation is 1. The van der Waals surface area contributed by atoms with E-state index in [2.05, 4.69) is 29.6 Å². The van der Waals surface area contributed by atoms with E-state index in [1.807, 2.05) is 6.07 Å². The van der Waals surface area contributed by atoms with E-state index in [0.717, 1.165) is 10.9 Å². The number of nitriles is 1. The number of carboxylic acid groups (broad SMARTS) is 1. The Morgan fingerprint density at radius 3 is 2.68 bits per heavy atom. The number of benzene rings is 1. The highest BCUT2D eigenvalue weighted by Gasteiger charge is 2.70. The molecule has 2 aliphatic rings. The van der Waals surface area contributed by atoms with Gasteiger partial charge < -0.3 is 14.3 Å². The number of aromatic nitrogens is 2. The van der Waals surface area contributed by atoms with Crippen LogP contribution in [0.25, 0.3) is 11.9 Å². The first kappa shape index (κ1) is 31.6. The quantitative estimate of drug-likeness (QED) is 0.146. The van der Waals surface area contributed by atoms with Gasteiger partial charge in [-0.1, -0.05) is 37.5 Å². The minimum Gasteiger partial charge on any atom is -0.465 e. The third kappa shape index (κ3) is 6.33. The lowest BCUT2D eigenvalue weighted by Crippen LogP contribution is -2.43. The number of carbonyl (C=O) groups is 1. The fraction of sp³-hybridized carbons (Fsp3) is 0.387. The molecule has 0 unspecified atom stereocenters. The average Bonchev–Trinajstić information content (AvgIpc) is 3.57. The molecule has 3 aromatic rings. The molecule has 0 bridgehead atoms. The summed E-state index contributed by atoms with van der Waals surface area (Å²) in [6.07, 6.45) is 3.36. The first-order valence-electron chi connectivity index (χ1n) is 14.1. The van der Waals surface area contributed by atoms with Crippen LogP contribution in [0.15, 0.2) is 52.1 Å². The predicted octanol–water partition coefficient (Wildman–Crippen LogP) is 7.38. The van der Waals surface area contributed by atoms with Crippen LogP contribution in [-0.4, -0.2) is 52.6 Å². The van der Waals surface area contributed by atoms with E-state index >= 15 is 8.78 Å².